The Labute approximate surface area is 201 Å². The average molecular weight is 525 g/mol. The second-order valence-corrected chi connectivity index (χ2v) is 9.23. The van der Waals surface area contributed by atoms with Crippen molar-refractivity contribution >= 4 is 44.9 Å². The molecule has 0 bridgehead atoms. The topological polar surface area (TPSA) is 65.1 Å². The van der Waals surface area contributed by atoms with Crippen molar-refractivity contribution in [1.29, 1.82) is 0 Å². The summed E-state index contributed by atoms with van der Waals surface area (Å²) in [7, 11) is 0. The van der Waals surface area contributed by atoms with E-state index in [1.54, 1.807) is 12.3 Å². The van der Waals surface area contributed by atoms with Crippen molar-refractivity contribution in [1.82, 2.24) is 24.1 Å². The third-order valence-corrected chi connectivity index (χ3v) is 6.46. The lowest BCUT2D eigenvalue weighted by molar-refractivity contribution is 0.884. The summed E-state index contributed by atoms with van der Waals surface area (Å²) in [6.07, 6.45) is 1.71. The Morgan fingerprint density at radius 1 is 0.969 bits per heavy atom. The first kappa shape index (κ1) is 20.9. The van der Waals surface area contributed by atoms with Gasteiger partial charge in [-0.15, -0.1) is 10.2 Å². The fourth-order valence-electron chi connectivity index (χ4n) is 3.30. The van der Waals surface area contributed by atoms with Crippen LogP contribution in [-0.2, 0) is 5.75 Å². The van der Waals surface area contributed by atoms with E-state index in [2.05, 4.69) is 31.1 Å². The minimum absolute atomic E-state index is 0.127. The first-order chi connectivity index (χ1) is 15.6. The van der Waals surface area contributed by atoms with Crippen LogP contribution in [-0.4, -0.2) is 24.1 Å². The highest BCUT2D eigenvalue weighted by Crippen LogP contribution is 2.30. The van der Waals surface area contributed by atoms with Crippen LogP contribution in [0.3, 0.4) is 0 Å². The maximum absolute atomic E-state index is 12.5. The Balaban J connectivity index is 1.51. The Kier molecular flexibility index (Phi) is 5.82. The van der Waals surface area contributed by atoms with Crippen LogP contribution < -0.4 is 5.56 Å². The maximum Gasteiger partial charge on any atom is 0.258 e. The average Bonchev–Trinajstić information content (AvgIpc) is 3.23. The van der Waals surface area contributed by atoms with Gasteiger partial charge in [-0.3, -0.25) is 13.8 Å². The predicted molar refractivity (Wildman–Crippen MR) is 131 cm³/mol. The van der Waals surface area contributed by atoms with Gasteiger partial charge in [-0.25, -0.2) is 4.98 Å². The third-order valence-electron chi connectivity index (χ3n) is 4.78. The van der Waals surface area contributed by atoms with E-state index >= 15 is 0 Å². The van der Waals surface area contributed by atoms with Gasteiger partial charge in [0.05, 0.1) is 5.69 Å². The van der Waals surface area contributed by atoms with Crippen molar-refractivity contribution in [2.75, 3.05) is 0 Å². The molecule has 32 heavy (non-hydrogen) atoms. The van der Waals surface area contributed by atoms with Crippen LogP contribution >= 0.6 is 39.3 Å². The lowest BCUT2D eigenvalue weighted by Gasteiger charge is -2.10. The molecule has 0 aliphatic rings. The number of aromatic nitrogens is 5. The number of thioether (sulfide) groups is 1. The van der Waals surface area contributed by atoms with E-state index < -0.39 is 0 Å². The Morgan fingerprint density at radius 3 is 2.53 bits per heavy atom. The van der Waals surface area contributed by atoms with Crippen LogP contribution in [0.5, 0.6) is 0 Å². The molecule has 3 aromatic heterocycles. The summed E-state index contributed by atoms with van der Waals surface area (Å²) < 4.78 is 4.34. The molecule has 0 saturated carbocycles. The van der Waals surface area contributed by atoms with Gasteiger partial charge in [0.25, 0.3) is 5.56 Å². The molecule has 5 rings (SSSR count). The SMILES string of the molecule is O=c1cc(CSc2nnc(-c3ccc(Cl)cc3)n2-c2ccccc2)nc2ccc(Br)cn12. The zero-order chi connectivity index (χ0) is 22.1. The van der Waals surface area contributed by atoms with Crippen molar-refractivity contribution in [3.63, 3.8) is 0 Å². The van der Waals surface area contributed by atoms with Gasteiger partial charge in [0.15, 0.2) is 11.0 Å². The van der Waals surface area contributed by atoms with E-state index in [-0.39, 0.29) is 5.56 Å². The molecular weight excluding hydrogens is 510 g/mol. The summed E-state index contributed by atoms with van der Waals surface area (Å²) in [6, 6.07) is 22.7. The van der Waals surface area contributed by atoms with Gasteiger partial charge < -0.3 is 0 Å². The Hall–Kier alpha value is -2.94. The van der Waals surface area contributed by atoms with Gasteiger partial charge in [-0.2, -0.15) is 0 Å². The highest BCUT2D eigenvalue weighted by atomic mass is 79.9. The molecule has 3 heterocycles. The first-order valence-electron chi connectivity index (χ1n) is 9.66. The van der Waals surface area contributed by atoms with E-state index in [9.17, 15) is 4.79 Å². The molecule has 0 radical (unpaired) electrons. The summed E-state index contributed by atoms with van der Waals surface area (Å²) in [6.45, 7) is 0. The summed E-state index contributed by atoms with van der Waals surface area (Å²) >= 11 is 10.9. The number of hydrogen-bond donors (Lipinski definition) is 0. The van der Waals surface area contributed by atoms with Crippen molar-refractivity contribution in [3.8, 4) is 17.1 Å². The predicted octanol–water partition coefficient (Wildman–Crippen LogP) is 5.65. The van der Waals surface area contributed by atoms with Crippen LogP contribution in [0.4, 0.5) is 0 Å². The lowest BCUT2D eigenvalue weighted by atomic mass is 10.2. The van der Waals surface area contributed by atoms with Crippen LogP contribution in [0.25, 0.3) is 22.7 Å². The number of fused-ring (bicyclic) bond motifs is 1. The van der Waals surface area contributed by atoms with Crippen molar-refractivity contribution in [2.45, 2.75) is 10.9 Å². The molecule has 0 fully saturated rings. The standard InChI is InChI=1S/C23H15BrClN5OS/c24-16-8-11-20-26-18(12-21(31)29(20)13-16)14-32-23-28-27-22(15-6-9-17(25)10-7-15)30(23)19-4-2-1-3-5-19/h1-13H,14H2. The van der Waals surface area contributed by atoms with Gasteiger partial charge in [0, 0.05) is 38.8 Å². The number of hydrogen-bond acceptors (Lipinski definition) is 5. The highest BCUT2D eigenvalue weighted by Gasteiger charge is 2.17. The number of pyridine rings is 1. The Bertz CT molecular complexity index is 1470. The second kappa shape index (κ2) is 8.90. The van der Waals surface area contributed by atoms with Crippen LogP contribution in [0, 0.1) is 0 Å². The van der Waals surface area contributed by atoms with Crippen molar-refractivity contribution < 1.29 is 0 Å². The number of benzene rings is 2. The summed E-state index contributed by atoms with van der Waals surface area (Å²) in [5.41, 5.74) is 3.01. The minimum atomic E-state index is -0.127. The summed E-state index contributed by atoms with van der Waals surface area (Å²) in [4.78, 5) is 17.1. The molecule has 0 unspecified atom stereocenters. The van der Waals surface area contributed by atoms with E-state index in [1.165, 1.54) is 16.2 Å². The molecule has 2 aromatic carbocycles. The van der Waals surface area contributed by atoms with Gasteiger partial charge in [0.1, 0.15) is 5.65 Å². The third kappa shape index (κ3) is 4.21. The molecule has 0 saturated heterocycles. The summed E-state index contributed by atoms with van der Waals surface area (Å²) in [5, 5.41) is 10.2. The van der Waals surface area contributed by atoms with Gasteiger partial charge in [0.2, 0.25) is 0 Å². The number of nitrogens with zero attached hydrogens (tertiary/aromatic N) is 5. The molecule has 0 amide bonds. The van der Waals surface area contributed by atoms with Crippen molar-refractivity contribution in [2.24, 2.45) is 0 Å². The van der Waals surface area contributed by atoms with Gasteiger partial charge in [-0.05, 0) is 64.5 Å². The van der Waals surface area contributed by atoms with Crippen molar-refractivity contribution in [3.05, 3.63) is 105 Å². The number of rotatable bonds is 5. The monoisotopic (exact) mass is 523 g/mol. The fraction of sp³-hybridized carbons (Fsp3) is 0.0435. The van der Waals surface area contributed by atoms with E-state index in [0.29, 0.717) is 33.1 Å². The van der Waals surface area contributed by atoms with Crippen LogP contribution in [0.2, 0.25) is 5.02 Å². The molecule has 0 atom stereocenters. The van der Waals surface area contributed by atoms with E-state index in [1.807, 2.05) is 71.3 Å². The first-order valence-corrected chi connectivity index (χ1v) is 11.8. The van der Waals surface area contributed by atoms with Crippen LogP contribution in [0.15, 0.2) is 93.4 Å². The smallest absolute Gasteiger partial charge is 0.258 e. The molecule has 0 spiro atoms. The molecule has 158 valence electrons. The quantitative estimate of drug-likeness (QED) is 0.278. The maximum atomic E-state index is 12.5. The second-order valence-electron chi connectivity index (χ2n) is 6.93. The lowest BCUT2D eigenvalue weighted by Crippen LogP contribution is -2.15. The zero-order valence-electron chi connectivity index (χ0n) is 16.5. The minimum Gasteiger partial charge on any atom is -0.270 e. The molecule has 9 heteroatoms. The normalized spacial score (nSPS) is 11.2. The van der Waals surface area contributed by atoms with E-state index in [0.717, 1.165) is 15.7 Å². The fourth-order valence-corrected chi connectivity index (χ4v) is 4.60. The zero-order valence-corrected chi connectivity index (χ0v) is 19.7. The molecular formula is C23H15BrClN5OS. The highest BCUT2D eigenvalue weighted by molar-refractivity contribution is 9.10. The van der Waals surface area contributed by atoms with E-state index in [4.69, 9.17) is 11.6 Å². The molecule has 5 aromatic rings. The van der Waals surface area contributed by atoms with Crippen LogP contribution in [0.1, 0.15) is 5.69 Å². The molecule has 0 aliphatic carbocycles. The number of halogens is 2. The summed E-state index contributed by atoms with van der Waals surface area (Å²) in [5.74, 6) is 1.19. The molecule has 0 N–H and O–H groups in total. The largest absolute Gasteiger partial charge is 0.270 e. The molecule has 6 nitrogen and oxygen atoms in total. The number of para-hydroxylation sites is 1. The van der Waals surface area contributed by atoms with Gasteiger partial charge in [-0.1, -0.05) is 41.6 Å². The molecule has 0 aliphatic heterocycles. The Morgan fingerprint density at radius 2 is 1.75 bits per heavy atom. The van der Waals surface area contributed by atoms with Gasteiger partial charge >= 0.3 is 0 Å².